The Morgan fingerprint density at radius 3 is 3.00 bits per heavy atom. The Kier molecular flexibility index (Phi) is 2.80. The molecule has 1 rings (SSSR count). The fourth-order valence-electron chi connectivity index (χ4n) is 0.859. The lowest BCUT2D eigenvalue weighted by Gasteiger charge is -2.00. The molecule has 0 saturated carbocycles. The second kappa shape index (κ2) is 3.85. The molecule has 3 nitrogen and oxygen atoms in total. The van der Waals surface area contributed by atoms with E-state index in [2.05, 4.69) is 35.0 Å². The highest BCUT2D eigenvalue weighted by Crippen LogP contribution is 2.05. The third kappa shape index (κ3) is 2.05. The van der Waals surface area contributed by atoms with Gasteiger partial charge in [0.15, 0.2) is 0 Å². The van der Waals surface area contributed by atoms with E-state index in [9.17, 15) is 0 Å². The molecule has 0 aromatic rings. The number of nitrogens with one attached hydrogen (secondary N) is 1. The van der Waals surface area contributed by atoms with E-state index in [1.807, 2.05) is 13.1 Å². The van der Waals surface area contributed by atoms with E-state index < -0.39 is 0 Å². The van der Waals surface area contributed by atoms with Crippen LogP contribution in [0.15, 0.2) is 34.2 Å². The third-order valence-electron chi connectivity index (χ3n) is 1.69. The van der Waals surface area contributed by atoms with Crippen molar-refractivity contribution in [2.75, 3.05) is 0 Å². The first kappa shape index (κ1) is 8.71. The van der Waals surface area contributed by atoms with Crippen LogP contribution in [0.1, 0.15) is 13.8 Å². The van der Waals surface area contributed by atoms with Crippen LogP contribution < -0.4 is 5.32 Å². The summed E-state index contributed by atoms with van der Waals surface area (Å²) >= 11 is 0. The fourth-order valence-corrected chi connectivity index (χ4v) is 0.859. The highest BCUT2D eigenvalue weighted by Gasteiger charge is 2.09. The lowest BCUT2D eigenvalue weighted by Crippen LogP contribution is -2.16. The van der Waals surface area contributed by atoms with Crippen molar-refractivity contribution in [1.29, 1.82) is 0 Å². The second-order valence-electron chi connectivity index (χ2n) is 2.74. The zero-order valence-corrected chi connectivity index (χ0v) is 7.41. The van der Waals surface area contributed by atoms with Gasteiger partial charge in [0.05, 0.1) is 11.9 Å². The van der Waals surface area contributed by atoms with Crippen LogP contribution in [0.25, 0.3) is 0 Å². The summed E-state index contributed by atoms with van der Waals surface area (Å²) in [7, 11) is 0. The quantitative estimate of drug-likeness (QED) is 0.618. The summed E-state index contributed by atoms with van der Waals surface area (Å²) in [6.45, 7) is 7.35. The maximum atomic E-state index is 4.22. The predicted octanol–water partition coefficient (Wildman–Crippen LogP) is 1.70. The van der Waals surface area contributed by atoms with E-state index >= 15 is 0 Å². The summed E-state index contributed by atoms with van der Waals surface area (Å²) in [5.41, 5.74) is 0.823. The molecule has 0 aliphatic carbocycles. The molecule has 3 heteroatoms. The lowest BCUT2D eigenvalue weighted by molar-refractivity contribution is 0.994. The second-order valence-corrected chi connectivity index (χ2v) is 2.74. The van der Waals surface area contributed by atoms with Gasteiger partial charge < -0.3 is 5.32 Å². The Hall–Kier alpha value is -1.38. The Labute approximate surface area is 72.6 Å². The predicted molar refractivity (Wildman–Crippen MR) is 52.2 cm³/mol. The van der Waals surface area contributed by atoms with Crippen molar-refractivity contribution in [3.8, 4) is 0 Å². The summed E-state index contributed by atoms with van der Waals surface area (Å²) in [5, 5.41) is 3.05. The third-order valence-corrected chi connectivity index (χ3v) is 1.69. The van der Waals surface area contributed by atoms with Gasteiger partial charge in [0.2, 0.25) is 0 Å². The summed E-state index contributed by atoms with van der Waals surface area (Å²) in [4.78, 5) is 7.95. The van der Waals surface area contributed by atoms with Crippen molar-refractivity contribution in [1.82, 2.24) is 5.32 Å². The zero-order valence-electron chi connectivity index (χ0n) is 7.41. The number of hydrogen-bond donors (Lipinski definition) is 1. The van der Waals surface area contributed by atoms with Crippen LogP contribution in [0.2, 0.25) is 0 Å². The lowest BCUT2D eigenvalue weighted by atomic mass is 10.2. The SMILES string of the molecule is C=N/C(C)=C\N=C1NC=CC1C. The first-order valence-electron chi connectivity index (χ1n) is 3.88. The number of nitrogens with zero attached hydrogens (tertiary/aromatic N) is 2. The van der Waals surface area contributed by atoms with Crippen molar-refractivity contribution in [3.05, 3.63) is 24.2 Å². The monoisotopic (exact) mass is 163 g/mol. The molecule has 0 spiro atoms. The Morgan fingerprint density at radius 1 is 1.75 bits per heavy atom. The molecule has 1 unspecified atom stereocenters. The summed E-state index contributed by atoms with van der Waals surface area (Å²) < 4.78 is 0. The molecular weight excluding hydrogens is 150 g/mol. The molecule has 0 amide bonds. The van der Waals surface area contributed by atoms with Gasteiger partial charge in [-0.15, -0.1) is 0 Å². The number of allylic oxidation sites excluding steroid dienone is 1. The van der Waals surface area contributed by atoms with Crippen LogP contribution >= 0.6 is 0 Å². The number of aliphatic imine (C=N–C) groups is 2. The van der Waals surface area contributed by atoms with Gasteiger partial charge in [0.25, 0.3) is 0 Å². The Morgan fingerprint density at radius 2 is 2.50 bits per heavy atom. The molecule has 1 heterocycles. The van der Waals surface area contributed by atoms with Gasteiger partial charge in [-0.05, 0) is 19.8 Å². The van der Waals surface area contributed by atoms with E-state index in [-0.39, 0.29) is 0 Å². The van der Waals surface area contributed by atoms with Crippen LogP contribution in [0.4, 0.5) is 0 Å². The van der Waals surface area contributed by atoms with Crippen molar-refractivity contribution in [3.63, 3.8) is 0 Å². The average Bonchev–Trinajstić information content (AvgIpc) is 2.47. The first-order valence-corrected chi connectivity index (χ1v) is 3.88. The summed E-state index contributed by atoms with van der Waals surface area (Å²) in [5.74, 6) is 1.33. The molecule has 1 aliphatic rings. The number of hydrogen-bond acceptors (Lipinski definition) is 2. The van der Waals surface area contributed by atoms with Gasteiger partial charge in [-0.25, -0.2) is 4.99 Å². The van der Waals surface area contributed by atoms with Gasteiger partial charge in [0, 0.05) is 5.92 Å². The molecule has 0 radical (unpaired) electrons. The maximum Gasteiger partial charge on any atom is 0.112 e. The standard InChI is InChI=1S/C9H13N3/c1-7-4-5-11-9(7)12-6-8(2)10-3/h4-7H,3H2,1-2H3,(H,11,12)/b8-6-. The molecule has 1 N–H and O–H groups in total. The molecular formula is C9H13N3. The van der Waals surface area contributed by atoms with Gasteiger partial charge >= 0.3 is 0 Å². The summed E-state index contributed by atoms with van der Waals surface area (Å²) in [6, 6.07) is 0. The van der Waals surface area contributed by atoms with Crippen LogP contribution in [0, 0.1) is 5.92 Å². The van der Waals surface area contributed by atoms with Gasteiger partial charge in [0.1, 0.15) is 5.84 Å². The normalized spacial score (nSPS) is 26.0. The first-order chi connectivity index (χ1) is 5.74. The van der Waals surface area contributed by atoms with E-state index in [0.29, 0.717) is 5.92 Å². The van der Waals surface area contributed by atoms with E-state index in [4.69, 9.17) is 0 Å². The molecule has 1 atom stereocenters. The van der Waals surface area contributed by atoms with Crippen molar-refractivity contribution in [2.24, 2.45) is 15.9 Å². The number of rotatable bonds is 2. The largest absolute Gasteiger partial charge is 0.350 e. The topological polar surface area (TPSA) is 36.8 Å². The molecule has 12 heavy (non-hydrogen) atoms. The summed E-state index contributed by atoms with van der Waals surface area (Å²) in [6.07, 6.45) is 5.66. The molecule has 1 aliphatic heterocycles. The molecule has 0 aromatic carbocycles. The smallest absolute Gasteiger partial charge is 0.112 e. The molecule has 0 saturated heterocycles. The van der Waals surface area contributed by atoms with Crippen molar-refractivity contribution in [2.45, 2.75) is 13.8 Å². The Balaban J connectivity index is 2.64. The molecule has 0 bridgehead atoms. The number of amidine groups is 1. The van der Waals surface area contributed by atoms with Crippen molar-refractivity contribution >= 4 is 12.6 Å². The van der Waals surface area contributed by atoms with Crippen LogP contribution in [0.3, 0.4) is 0 Å². The highest BCUT2D eigenvalue weighted by atomic mass is 15.0. The van der Waals surface area contributed by atoms with Crippen molar-refractivity contribution < 1.29 is 0 Å². The minimum Gasteiger partial charge on any atom is -0.350 e. The van der Waals surface area contributed by atoms with Gasteiger partial charge in [-0.1, -0.05) is 13.0 Å². The van der Waals surface area contributed by atoms with E-state index in [1.165, 1.54) is 0 Å². The molecule has 0 aromatic heterocycles. The van der Waals surface area contributed by atoms with Gasteiger partial charge in [-0.3, -0.25) is 4.99 Å². The van der Waals surface area contributed by atoms with Gasteiger partial charge in [-0.2, -0.15) is 0 Å². The molecule has 64 valence electrons. The average molecular weight is 163 g/mol. The fraction of sp³-hybridized carbons (Fsp3) is 0.333. The minimum atomic E-state index is 0.374. The highest BCUT2D eigenvalue weighted by molar-refractivity contribution is 5.89. The maximum absolute atomic E-state index is 4.22. The zero-order chi connectivity index (χ0) is 8.97. The van der Waals surface area contributed by atoms with E-state index in [1.54, 1.807) is 6.20 Å². The Bertz CT molecular complexity index is 261. The van der Waals surface area contributed by atoms with Crippen LogP contribution in [-0.2, 0) is 0 Å². The molecule has 0 fully saturated rings. The minimum absolute atomic E-state index is 0.374. The van der Waals surface area contributed by atoms with Crippen LogP contribution in [0.5, 0.6) is 0 Å². The van der Waals surface area contributed by atoms with E-state index in [0.717, 1.165) is 11.5 Å². The van der Waals surface area contributed by atoms with Crippen LogP contribution in [-0.4, -0.2) is 12.6 Å².